The second kappa shape index (κ2) is 8.52. The molecule has 1 aliphatic rings. The van der Waals surface area contributed by atoms with E-state index < -0.39 is 23.4 Å². The number of ether oxygens (including phenoxy) is 2. The first-order valence-corrected chi connectivity index (χ1v) is 9.03. The summed E-state index contributed by atoms with van der Waals surface area (Å²) in [6.45, 7) is 4.20. The molecule has 0 aliphatic carbocycles. The molecule has 0 radical (unpaired) electrons. The second-order valence-corrected chi connectivity index (χ2v) is 6.82. The van der Waals surface area contributed by atoms with E-state index >= 15 is 0 Å². The Morgan fingerprint density at radius 2 is 1.86 bits per heavy atom. The van der Waals surface area contributed by atoms with Gasteiger partial charge in [-0.2, -0.15) is 0 Å². The number of nitrogens with zero attached hydrogens (tertiary/aromatic N) is 2. The molecule has 1 fully saturated rings. The van der Waals surface area contributed by atoms with Crippen molar-refractivity contribution < 1.29 is 27.8 Å². The standard InChI is InChI=1S/C20H21F2N3O4/c1-11-9-25(10-12(2)29-11)20(27)14-6-17(16(22)7-15(14)21)24-19(26)13-4-5-18(28-3)23-8-13/h4-8,11-12H,9-10H2,1-3H3,(H,24,26)/t11-,12+. The third-order valence-corrected chi connectivity index (χ3v) is 4.45. The topological polar surface area (TPSA) is 80.8 Å². The summed E-state index contributed by atoms with van der Waals surface area (Å²) in [5.41, 5.74) is -0.473. The zero-order valence-corrected chi connectivity index (χ0v) is 16.2. The van der Waals surface area contributed by atoms with Gasteiger partial charge in [0.2, 0.25) is 5.88 Å². The molecule has 0 spiro atoms. The summed E-state index contributed by atoms with van der Waals surface area (Å²) in [6, 6.07) is 4.52. The van der Waals surface area contributed by atoms with E-state index in [4.69, 9.17) is 9.47 Å². The quantitative estimate of drug-likeness (QED) is 0.846. The van der Waals surface area contributed by atoms with Crippen molar-refractivity contribution in [2.24, 2.45) is 0 Å². The predicted molar refractivity (Wildman–Crippen MR) is 101 cm³/mol. The Morgan fingerprint density at radius 3 is 2.45 bits per heavy atom. The molecular formula is C20H21F2N3O4. The lowest BCUT2D eigenvalue weighted by atomic mass is 10.1. The summed E-state index contributed by atoms with van der Waals surface area (Å²) in [4.78, 5) is 30.5. The smallest absolute Gasteiger partial charge is 0.257 e. The van der Waals surface area contributed by atoms with Gasteiger partial charge in [0.1, 0.15) is 11.6 Å². The van der Waals surface area contributed by atoms with E-state index in [0.717, 1.165) is 6.07 Å². The maximum atomic E-state index is 14.3. The number of benzene rings is 1. The average Bonchev–Trinajstić information content (AvgIpc) is 2.68. The lowest BCUT2D eigenvalue weighted by Crippen LogP contribution is -2.48. The summed E-state index contributed by atoms with van der Waals surface area (Å²) in [5.74, 6) is -2.92. The molecule has 2 atom stereocenters. The van der Waals surface area contributed by atoms with E-state index in [0.29, 0.717) is 25.0 Å². The van der Waals surface area contributed by atoms with Gasteiger partial charge in [-0.15, -0.1) is 0 Å². The molecule has 2 heterocycles. The molecule has 7 nitrogen and oxygen atoms in total. The zero-order chi connectivity index (χ0) is 21.1. The summed E-state index contributed by atoms with van der Waals surface area (Å²) in [5, 5.41) is 2.35. The van der Waals surface area contributed by atoms with Crippen LogP contribution in [-0.2, 0) is 4.74 Å². The number of morpholine rings is 1. The first-order chi connectivity index (χ1) is 13.8. The molecule has 1 aromatic carbocycles. The van der Waals surface area contributed by atoms with Gasteiger partial charge in [0, 0.05) is 31.4 Å². The van der Waals surface area contributed by atoms with Gasteiger partial charge in [-0.3, -0.25) is 9.59 Å². The third-order valence-electron chi connectivity index (χ3n) is 4.45. The van der Waals surface area contributed by atoms with Crippen LogP contribution in [0.3, 0.4) is 0 Å². The number of methoxy groups -OCH3 is 1. The van der Waals surface area contributed by atoms with Gasteiger partial charge in [-0.05, 0) is 26.0 Å². The maximum absolute atomic E-state index is 14.3. The number of anilines is 1. The minimum Gasteiger partial charge on any atom is -0.481 e. The van der Waals surface area contributed by atoms with Crippen LogP contribution in [0.1, 0.15) is 34.6 Å². The van der Waals surface area contributed by atoms with Gasteiger partial charge in [0.15, 0.2) is 0 Å². The molecule has 1 aliphatic heterocycles. The van der Waals surface area contributed by atoms with Gasteiger partial charge in [0.05, 0.1) is 36.1 Å². The Labute approximate surface area is 166 Å². The summed E-state index contributed by atoms with van der Waals surface area (Å²) in [7, 11) is 1.43. The molecule has 0 bridgehead atoms. The lowest BCUT2D eigenvalue weighted by Gasteiger charge is -2.35. The summed E-state index contributed by atoms with van der Waals surface area (Å²) < 4.78 is 39.0. The van der Waals surface area contributed by atoms with Crippen molar-refractivity contribution in [1.82, 2.24) is 9.88 Å². The van der Waals surface area contributed by atoms with Crippen LogP contribution in [0, 0.1) is 11.6 Å². The number of halogens is 2. The summed E-state index contributed by atoms with van der Waals surface area (Å²) >= 11 is 0. The highest BCUT2D eigenvalue weighted by atomic mass is 19.1. The fourth-order valence-electron chi connectivity index (χ4n) is 3.15. The predicted octanol–water partition coefficient (Wildman–Crippen LogP) is 2.87. The minimum atomic E-state index is -0.997. The van der Waals surface area contributed by atoms with Gasteiger partial charge in [0.25, 0.3) is 11.8 Å². The number of pyridine rings is 1. The van der Waals surface area contributed by atoms with Gasteiger partial charge in [-0.25, -0.2) is 13.8 Å². The molecule has 29 heavy (non-hydrogen) atoms. The second-order valence-electron chi connectivity index (χ2n) is 6.82. The highest BCUT2D eigenvalue weighted by Crippen LogP contribution is 2.23. The summed E-state index contributed by atoms with van der Waals surface area (Å²) in [6.07, 6.45) is 0.860. The Balaban J connectivity index is 1.83. The van der Waals surface area contributed by atoms with Crippen molar-refractivity contribution in [3.63, 3.8) is 0 Å². The number of amides is 2. The third kappa shape index (κ3) is 4.68. The van der Waals surface area contributed by atoms with Crippen molar-refractivity contribution in [3.05, 3.63) is 53.2 Å². The van der Waals surface area contributed by atoms with Crippen LogP contribution in [0.4, 0.5) is 14.5 Å². The van der Waals surface area contributed by atoms with Crippen LogP contribution < -0.4 is 10.1 Å². The van der Waals surface area contributed by atoms with Crippen molar-refractivity contribution >= 4 is 17.5 Å². The first kappa shape index (κ1) is 20.7. The largest absolute Gasteiger partial charge is 0.481 e. The Bertz CT molecular complexity index is 911. The molecule has 2 aromatic rings. The number of aromatic nitrogens is 1. The Kier molecular flexibility index (Phi) is 6.07. The molecule has 3 rings (SSSR count). The van der Waals surface area contributed by atoms with E-state index in [9.17, 15) is 18.4 Å². The molecule has 1 N–H and O–H groups in total. The first-order valence-electron chi connectivity index (χ1n) is 9.03. The highest BCUT2D eigenvalue weighted by Gasteiger charge is 2.29. The van der Waals surface area contributed by atoms with E-state index in [1.165, 1.54) is 30.3 Å². The van der Waals surface area contributed by atoms with E-state index in [1.54, 1.807) is 0 Å². The number of rotatable bonds is 4. The molecule has 9 heteroatoms. The van der Waals surface area contributed by atoms with Gasteiger partial charge >= 0.3 is 0 Å². The van der Waals surface area contributed by atoms with E-state index in [2.05, 4.69) is 10.3 Å². The van der Waals surface area contributed by atoms with Gasteiger partial charge in [-0.1, -0.05) is 0 Å². The molecular weight excluding hydrogens is 384 g/mol. The Morgan fingerprint density at radius 1 is 1.17 bits per heavy atom. The minimum absolute atomic E-state index is 0.151. The molecule has 1 saturated heterocycles. The number of hydrogen-bond donors (Lipinski definition) is 1. The van der Waals surface area contributed by atoms with Crippen molar-refractivity contribution in [1.29, 1.82) is 0 Å². The number of nitrogens with one attached hydrogen (secondary N) is 1. The number of hydrogen-bond acceptors (Lipinski definition) is 5. The fourth-order valence-corrected chi connectivity index (χ4v) is 3.15. The maximum Gasteiger partial charge on any atom is 0.257 e. The lowest BCUT2D eigenvalue weighted by molar-refractivity contribution is -0.0587. The van der Waals surface area contributed by atoms with Crippen LogP contribution in [0.25, 0.3) is 0 Å². The van der Waals surface area contributed by atoms with E-state index in [1.807, 2.05) is 13.8 Å². The van der Waals surface area contributed by atoms with Crippen LogP contribution >= 0.6 is 0 Å². The van der Waals surface area contributed by atoms with Crippen LogP contribution in [0.5, 0.6) is 5.88 Å². The van der Waals surface area contributed by atoms with Crippen LogP contribution in [0.15, 0.2) is 30.5 Å². The fraction of sp³-hybridized carbons (Fsp3) is 0.350. The molecule has 1 aromatic heterocycles. The number of carbonyl (C=O) groups excluding carboxylic acids is 2. The zero-order valence-electron chi connectivity index (χ0n) is 16.2. The number of carbonyl (C=O) groups is 2. The van der Waals surface area contributed by atoms with Crippen molar-refractivity contribution in [3.8, 4) is 5.88 Å². The van der Waals surface area contributed by atoms with Crippen molar-refractivity contribution in [2.45, 2.75) is 26.1 Å². The highest BCUT2D eigenvalue weighted by molar-refractivity contribution is 6.05. The van der Waals surface area contributed by atoms with Crippen LogP contribution in [0.2, 0.25) is 0 Å². The average molecular weight is 405 g/mol. The normalized spacial score (nSPS) is 19.0. The molecule has 0 saturated carbocycles. The molecule has 154 valence electrons. The Hall–Kier alpha value is -3.07. The SMILES string of the molecule is COc1ccc(C(=O)Nc2cc(C(=O)N3C[C@@H](C)O[C@@H](C)C3)c(F)cc2F)cn1. The monoisotopic (exact) mass is 405 g/mol. The van der Waals surface area contributed by atoms with E-state index in [-0.39, 0.29) is 29.0 Å². The van der Waals surface area contributed by atoms with Crippen molar-refractivity contribution in [2.75, 3.05) is 25.5 Å². The molecule has 0 unspecified atom stereocenters. The van der Waals surface area contributed by atoms with Gasteiger partial charge < -0.3 is 19.7 Å². The van der Waals surface area contributed by atoms with Crippen LogP contribution in [-0.4, -0.2) is 54.1 Å². The molecule has 2 amide bonds.